The molecule has 4 heteroatoms. The average molecular weight is 1900 g/mol. The Balaban J connectivity index is 0.00000937. The standard InChI is InChI=1S/C132H78N3.Ir/c1-4-37-91(94-70-67-82(124-64-25-28-73-133-124)79-109(94)103-49-31-61-121-127(103)106-46-13-22-58-118(106)130(121)112-52-16-7-40-97(112)98-41-8-17-53-113(98)130)88(34-1)85-76-86(89-35-2-5-38-92(89)95-71-68-83(125-65-26-29-74-134-125)80-110(95)104-50-32-62-122-128(104)107-47-14-23-59-119(107)131(122)114-54-18-9-42-99(114)100-43-10-19-55-115(100)131)78-87(77-85)90-36-3-6-39-93(90)96-72-69-84(126-66-27-30-75-135-126)81-111(96)105-51-33-63-123-129(105)108-48-15-24-60-120(108)132(123)116-56-20-11-44-101(116)102-45-12-21-57-117(102)132;/h1-66,70-81H;/q-3;+3. The Morgan fingerprint density at radius 2 is 0.338 bits per heavy atom. The number of fused-ring (bicyclic) bond motifs is 30. The number of hydrogen-bond donors (Lipinski definition) is 0. The summed E-state index contributed by atoms with van der Waals surface area (Å²) >= 11 is 0. The Hall–Kier alpha value is -16.7. The van der Waals surface area contributed by atoms with Crippen LogP contribution in [0.2, 0.25) is 0 Å². The molecular weight excluding hydrogens is 1820 g/mol. The normalized spacial score (nSPS) is 13.4. The van der Waals surface area contributed by atoms with Crippen molar-refractivity contribution < 1.29 is 20.1 Å². The fraction of sp³-hybridized carbons (Fsp3) is 0.0227. The molecule has 19 aromatic carbocycles. The second-order valence-electron chi connectivity index (χ2n) is 36.4. The molecule has 22 aromatic rings. The van der Waals surface area contributed by atoms with E-state index in [1.54, 1.807) is 0 Å². The maximum Gasteiger partial charge on any atom is 3.00 e. The zero-order valence-electron chi connectivity index (χ0n) is 73.7. The number of aromatic nitrogens is 3. The minimum atomic E-state index is -0.573. The van der Waals surface area contributed by atoms with Crippen LogP contribution in [0.5, 0.6) is 0 Å². The van der Waals surface area contributed by atoms with Crippen LogP contribution in [-0.4, -0.2) is 15.0 Å². The first-order chi connectivity index (χ1) is 67.0. The van der Waals surface area contributed by atoms with E-state index >= 15 is 0 Å². The maximum absolute atomic E-state index is 5.05. The molecule has 3 aromatic heterocycles. The Morgan fingerprint density at radius 3 is 0.574 bits per heavy atom. The molecule has 0 saturated heterocycles. The van der Waals surface area contributed by atoms with Crippen molar-refractivity contribution in [2.24, 2.45) is 0 Å². The predicted octanol–water partition coefficient (Wildman–Crippen LogP) is 32.3. The molecule has 3 spiro atoms. The van der Waals surface area contributed by atoms with E-state index in [1.165, 1.54) is 134 Å². The van der Waals surface area contributed by atoms with Crippen LogP contribution >= 0.6 is 0 Å². The summed E-state index contributed by atoms with van der Waals surface area (Å²) in [6, 6.07) is 182. The van der Waals surface area contributed by atoms with Crippen molar-refractivity contribution in [2.45, 2.75) is 16.2 Å². The fourth-order valence-corrected chi connectivity index (χ4v) is 24.9. The van der Waals surface area contributed by atoms with Crippen LogP contribution < -0.4 is 0 Å². The summed E-state index contributed by atoms with van der Waals surface area (Å²) in [5.41, 5.74) is 53.3. The van der Waals surface area contributed by atoms with Gasteiger partial charge in [-0.15, -0.1) is 71.3 Å². The molecule has 0 aliphatic heterocycles. The number of nitrogens with zero attached hydrogens (tertiary/aromatic N) is 3. The van der Waals surface area contributed by atoms with Crippen LogP contribution in [0.3, 0.4) is 0 Å². The van der Waals surface area contributed by atoms with Crippen LogP contribution in [0.25, 0.3) is 201 Å². The molecule has 0 radical (unpaired) electrons. The van der Waals surface area contributed by atoms with Gasteiger partial charge in [-0.3, -0.25) is 0 Å². The van der Waals surface area contributed by atoms with Gasteiger partial charge in [0.05, 0.1) is 16.2 Å². The van der Waals surface area contributed by atoms with Gasteiger partial charge in [-0.1, -0.05) is 432 Å². The second-order valence-corrected chi connectivity index (χ2v) is 36.4. The zero-order chi connectivity index (χ0) is 88.6. The van der Waals surface area contributed by atoms with Crippen molar-refractivity contribution in [1.29, 1.82) is 0 Å². The van der Waals surface area contributed by atoms with Crippen molar-refractivity contribution in [3.05, 3.63) is 559 Å². The largest absolute Gasteiger partial charge is 3.00 e. The predicted molar refractivity (Wildman–Crippen MR) is 550 cm³/mol. The van der Waals surface area contributed by atoms with E-state index in [4.69, 9.17) is 15.0 Å². The SMILES string of the molecule is [Ir+3].[c-]1cc(-c2ccccc2-c2cc(-c3ccccc3-c3c[c-]c(-c4ccccn4)cc3-c3cccc4c3-c3ccccc3C43c4ccccc4-c4ccccc43)cc(-c3ccccc3-c3c[c-]c(-c4ccccn4)cc3-c3cccc4c3-c3ccccc3C43c4ccccc4-c4ccccc43)c2)c(-c2cccc3c2-c2ccccc2C32c3ccccc3-c3ccccc32)cc1-c1ccccn1. The van der Waals surface area contributed by atoms with Crippen LogP contribution in [0.4, 0.5) is 0 Å². The van der Waals surface area contributed by atoms with Crippen molar-refractivity contribution in [3.8, 4) is 201 Å². The maximum atomic E-state index is 5.05. The van der Waals surface area contributed by atoms with Gasteiger partial charge >= 0.3 is 20.1 Å². The molecule has 0 unspecified atom stereocenters. The van der Waals surface area contributed by atoms with Crippen molar-refractivity contribution in [3.63, 3.8) is 0 Å². The smallest absolute Gasteiger partial charge is 0.305 e. The molecule has 630 valence electrons. The van der Waals surface area contributed by atoms with Gasteiger partial charge < -0.3 is 15.0 Å². The summed E-state index contributed by atoms with van der Waals surface area (Å²) in [6.45, 7) is 0. The van der Waals surface area contributed by atoms with Gasteiger partial charge in [0.2, 0.25) is 0 Å². The van der Waals surface area contributed by atoms with E-state index in [0.29, 0.717) is 0 Å². The minimum Gasteiger partial charge on any atom is -0.305 e. The Bertz CT molecular complexity index is 7810. The summed E-state index contributed by atoms with van der Waals surface area (Å²) in [5.74, 6) is 0. The zero-order valence-corrected chi connectivity index (χ0v) is 76.1. The van der Waals surface area contributed by atoms with Gasteiger partial charge in [0.15, 0.2) is 0 Å². The van der Waals surface area contributed by atoms with Gasteiger partial charge in [0.25, 0.3) is 0 Å². The van der Waals surface area contributed by atoms with Gasteiger partial charge in [0.1, 0.15) is 0 Å². The van der Waals surface area contributed by atoms with Crippen molar-refractivity contribution >= 4 is 0 Å². The summed E-state index contributed by atoms with van der Waals surface area (Å²) in [4.78, 5) is 15.2. The third kappa shape index (κ3) is 11.2. The van der Waals surface area contributed by atoms with E-state index in [2.05, 4.69) is 455 Å². The molecule has 136 heavy (non-hydrogen) atoms. The monoisotopic (exact) mass is 1900 g/mol. The average Bonchev–Trinajstić information content (AvgIpc) is 1.51. The van der Waals surface area contributed by atoms with E-state index in [9.17, 15) is 0 Å². The second kappa shape index (κ2) is 30.9. The van der Waals surface area contributed by atoms with E-state index in [-0.39, 0.29) is 20.1 Å². The molecule has 0 N–H and O–H groups in total. The Labute approximate surface area is 804 Å². The molecular formula is C132H78IrN3. The summed E-state index contributed by atoms with van der Waals surface area (Å²) in [6.07, 6.45) is 5.67. The first-order valence-electron chi connectivity index (χ1n) is 46.7. The quantitative estimate of drug-likeness (QED) is 0.114. The van der Waals surface area contributed by atoms with Gasteiger partial charge in [-0.2, -0.15) is 0 Å². The molecule has 0 bridgehead atoms. The Kier molecular flexibility index (Phi) is 18.0. The molecule has 0 amide bonds. The molecule has 0 fully saturated rings. The van der Waals surface area contributed by atoms with Crippen LogP contribution in [0, 0.1) is 18.2 Å². The Morgan fingerprint density at radius 1 is 0.147 bits per heavy atom. The molecule has 6 aliphatic rings. The third-order valence-electron chi connectivity index (χ3n) is 30.1. The first kappa shape index (κ1) is 79.1. The summed E-state index contributed by atoms with van der Waals surface area (Å²) in [5, 5.41) is 0. The molecule has 0 atom stereocenters. The molecule has 3 nitrogen and oxygen atoms in total. The van der Waals surface area contributed by atoms with Crippen LogP contribution in [0.15, 0.2) is 474 Å². The summed E-state index contributed by atoms with van der Waals surface area (Å²) < 4.78 is 0. The fourth-order valence-electron chi connectivity index (χ4n) is 24.9. The summed E-state index contributed by atoms with van der Waals surface area (Å²) in [7, 11) is 0. The number of hydrogen-bond acceptors (Lipinski definition) is 3. The number of rotatable bonds is 12. The third-order valence-corrected chi connectivity index (χ3v) is 30.1. The van der Waals surface area contributed by atoms with Gasteiger partial charge in [-0.05, 0) is 237 Å². The van der Waals surface area contributed by atoms with E-state index in [1.807, 2.05) is 36.8 Å². The first-order valence-corrected chi connectivity index (χ1v) is 46.7. The van der Waals surface area contributed by atoms with Crippen LogP contribution in [0.1, 0.15) is 66.8 Å². The molecule has 28 rings (SSSR count). The van der Waals surface area contributed by atoms with E-state index in [0.717, 1.165) is 134 Å². The molecule has 0 saturated carbocycles. The number of benzene rings is 19. The topological polar surface area (TPSA) is 38.7 Å². The van der Waals surface area contributed by atoms with Crippen molar-refractivity contribution in [2.75, 3.05) is 0 Å². The minimum absolute atomic E-state index is 0. The van der Waals surface area contributed by atoms with Crippen molar-refractivity contribution in [1.82, 2.24) is 15.0 Å². The van der Waals surface area contributed by atoms with Gasteiger partial charge in [-0.25, -0.2) is 0 Å². The van der Waals surface area contributed by atoms with Gasteiger partial charge in [0, 0.05) is 18.6 Å². The number of pyridine rings is 3. The van der Waals surface area contributed by atoms with E-state index < -0.39 is 16.2 Å². The molecule has 6 aliphatic carbocycles. The molecule has 3 heterocycles. The van der Waals surface area contributed by atoms with Crippen LogP contribution in [-0.2, 0) is 36.4 Å².